The standard InChI is InChI=1S/C22H24N4O2S3/c1-4-16-10-8-9-13-18(16)23-19(27)14-25(3)20(28)15(2)30-21-24-26(22(29)31-21)17-11-6-5-7-12-17/h5-13,15H,4,14H2,1-3H3,(H,23,27). The molecule has 3 aromatic rings. The van der Waals surface area contributed by atoms with Gasteiger partial charge in [-0.1, -0.05) is 66.4 Å². The fraction of sp³-hybridized carbons (Fsp3) is 0.273. The van der Waals surface area contributed by atoms with Gasteiger partial charge in [-0.05, 0) is 49.3 Å². The number of amides is 2. The molecule has 1 unspecified atom stereocenters. The molecule has 0 aliphatic rings. The Morgan fingerprint density at radius 1 is 1.19 bits per heavy atom. The van der Waals surface area contributed by atoms with Gasteiger partial charge in [-0.25, -0.2) is 4.68 Å². The molecule has 31 heavy (non-hydrogen) atoms. The number of para-hydroxylation sites is 2. The number of carbonyl (C=O) groups excluding carboxylic acids is 2. The number of carbonyl (C=O) groups is 2. The van der Waals surface area contributed by atoms with Crippen molar-refractivity contribution in [1.29, 1.82) is 0 Å². The van der Waals surface area contributed by atoms with Gasteiger partial charge in [0.25, 0.3) is 0 Å². The molecule has 0 fully saturated rings. The minimum atomic E-state index is -0.398. The van der Waals surface area contributed by atoms with Gasteiger partial charge < -0.3 is 10.2 Å². The molecular formula is C22H24N4O2S3. The molecule has 162 valence electrons. The van der Waals surface area contributed by atoms with E-state index in [2.05, 4.69) is 10.4 Å². The molecule has 9 heteroatoms. The van der Waals surface area contributed by atoms with E-state index in [4.69, 9.17) is 12.2 Å². The molecule has 0 saturated heterocycles. The molecule has 2 aromatic carbocycles. The Bertz CT molecular complexity index is 1110. The molecule has 2 amide bonds. The fourth-order valence-electron chi connectivity index (χ4n) is 2.99. The third kappa shape index (κ3) is 6.03. The van der Waals surface area contributed by atoms with Crippen molar-refractivity contribution in [2.45, 2.75) is 29.9 Å². The molecule has 0 bridgehead atoms. The van der Waals surface area contributed by atoms with Gasteiger partial charge in [-0.15, -0.1) is 5.10 Å². The van der Waals surface area contributed by atoms with E-state index in [0.29, 0.717) is 8.29 Å². The molecule has 1 N–H and O–H groups in total. The van der Waals surface area contributed by atoms with Crippen molar-refractivity contribution in [3.05, 3.63) is 64.1 Å². The first-order chi connectivity index (χ1) is 14.9. The normalized spacial score (nSPS) is 11.7. The summed E-state index contributed by atoms with van der Waals surface area (Å²) in [6.07, 6.45) is 0.820. The lowest BCUT2D eigenvalue weighted by atomic mass is 10.1. The van der Waals surface area contributed by atoms with E-state index in [1.54, 1.807) is 11.7 Å². The Balaban J connectivity index is 1.59. The van der Waals surface area contributed by atoms with E-state index in [-0.39, 0.29) is 18.4 Å². The zero-order valence-corrected chi connectivity index (χ0v) is 20.0. The topological polar surface area (TPSA) is 67.2 Å². The van der Waals surface area contributed by atoms with Crippen LogP contribution in [0.15, 0.2) is 58.9 Å². The van der Waals surface area contributed by atoms with Crippen LogP contribution in [0.2, 0.25) is 0 Å². The van der Waals surface area contributed by atoms with Crippen molar-refractivity contribution in [3.8, 4) is 5.69 Å². The average molecular weight is 473 g/mol. The number of aryl methyl sites for hydroxylation is 1. The Kier molecular flexibility index (Phi) is 8.00. The van der Waals surface area contributed by atoms with E-state index in [1.165, 1.54) is 28.0 Å². The molecule has 0 aliphatic carbocycles. The van der Waals surface area contributed by atoms with Crippen LogP contribution in [0.5, 0.6) is 0 Å². The minimum Gasteiger partial charge on any atom is -0.335 e. The summed E-state index contributed by atoms with van der Waals surface area (Å²) < 4.78 is 3.03. The zero-order chi connectivity index (χ0) is 22.4. The molecule has 1 heterocycles. The van der Waals surface area contributed by atoms with E-state index in [9.17, 15) is 9.59 Å². The first kappa shape index (κ1) is 23.2. The summed E-state index contributed by atoms with van der Waals surface area (Å²) in [4.78, 5) is 26.7. The quantitative estimate of drug-likeness (QED) is 0.377. The zero-order valence-electron chi connectivity index (χ0n) is 17.6. The highest BCUT2D eigenvalue weighted by Gasteiger charge is 2.22. The van der Waals surface area contributed by atoms with Crippen molar-refractivity contribution in [1.82, 2.24) is 14.7 Å². The number of likely N-dealkylation sites (N-methyl/N-ethyl adjacent to an activating group) is 1. The van der Waals surface area contributed by atoms with E-state index < -0.39 is 5.25 Å². The van der Waals surface area contributed by atoms with Gasteiger partial charge in [0.05, 0.1) is 17.5 Å². The van der Waals surface area contributed by atoms with Gasteiger partial charge in [-0.3, -0.25) is 9.59 Å². The van der Waals surface area contributed by atoms with Crippen molar-refractivity contribution >= 4 is 52.8 Å². The lowest BCUT2D eigenvalue weighted by Gasteiger charge is -2.20. The van der Waals surface area contributed by atoms with Gasteiger partial charge in [0.15, 0.2) is 8.29 Å². The van der Waals surface area contributed by atoms with Crippen molar-refractivity contribution in [3.63, 3.8) is 0 Å². The number of hydrogen-bond donors (Lipinski definition) is 1. The second-order valence-corrected chi connectivity index (χ2v) is 10.1. The van der Waals surface area contributed by atoms with Crippen LogP contribution < -0.4 is 5.32 Å². The SMILES string of the molecule is CCc1ccccc1NC(=O)CN(C)C(=O)C(C)Sc1nn(-c2ccccc2)c(=S)s1. The highest BCUT2D eigenvalue weighted by Crippen LogP contribution is 2.28. The maximum absolute atomic E-state index is 12.8. The fourth-order valence-corrected chi connectivity index (χ4v) is 5.61. The first-order valence-corrected chi connectivity index (χ1v) is 11.9. The van der Waals surface area contributed by atoms with Crippen LogP contribution in [0.4, 0.5) is 5.69 Å². The lowest BCUT2D eigenvalue weighted by molar-refractivity contribution is -0.132. The number of nitrogens with zero attached hydrogens (tertiary/aromatic N) is 3. The molecular weight excluding hydrogens is 448 g/mol. The third-order valence-electron chi connectivity index (χ3n) is 4.58. The third-order valence-corrected chi connectivity index (χ3v) is 6.99. The predicted molar refractivity (Wildman–Crippen MR) is 130 cm³/mol. The largest absolute Gasteiger partial charge is 0.335 e. The molecule has 1 atom stereocenters. The number of benzene rings is 2. The molecule has 0 spiro atoms. The number of rotatable bonds is 8. The Labute approximate surface area is 195 Å². The number of aromatic nitrogens is 2. The van der Waals surface area contributed by atoms with Crippen LogP contribution in [-0.4, -0.2) is 45.3 Å². The summed E-state index contributed by atoms with van der Waals surface area (Å²) in [7, 11) is 1.63. The van der Waals surface area contributed by atoms with Crippen LogP contribution in [0.1, 0.15) is 19.4 Å². The second-order valence-electron chi connectivity index (χ2n) is 6.89. The maximum atomic E-state index is 12.8. The molecule has 0 radical (unpaired) electrons. The summed E-state index contributed by atoms with van der Waals surface area (Å²) in [6, 6.07) is 17.3. The van der Waals surface area contributed by atoms with Crippen LogP contribution in [0, 0.1) is 3.95 Å². The summed E-state index contributed by atoms with van der Waals surface area (Å²) in [5, 5.41) is 7.04. The van der Waals surface area contributed by atoms with Crippen molar-refractivity contribution in [2.24, 2.45) is 0 Å². The molecule has 0 aliphatic heterocycles. The monoisotopic (exact) mass is 472 g/mol. The van der Waals surface area contributed by atoms with Crippen LogP contribution in [-0.2, 0) is 16.0 Å². The first-order valence-electron chi connectivity index (χ1n) is 9.84. The smallest absolute Gasteiger partial charge is 0.243 e. The Morgan fingerprint density at radius 3 is 2.58 bits per heavy atom. The average Bonchev–Trinajstić information content (AvgIpc) is 3.13. The highest BCUT2D eigenvalue weighted by atomic mass is 32.2. The minimum absolute atomic E-state index is 0.0179. The van der Waals surface area contributed by atoms with Crippen molar-refractivity contribution < 1.29 is 9.59 Å². The van der Waals surface area contributed by atoms with Gasteiger partial charge in [0, 0.05) is 12.7 Å². The lowest BCUT2D eigenvalue weighted by Crippen LogP contribution is -2.39. The molecule has 6 nitrogen and oxygen atoms in total. The predicted octanol–water partition coefficient (Wildman–Crippen LogP) is 4.80. The number of thioether (sulfide) groups is 1. The van der Waals surface area contributed by atoms with Crippen LogP contribution in [0.25, 0.3) is 5.69 Å². The molecule has 1 aromatic heterocycles. The summed E-state index contributed by atoms with van der Waals surface area (Å²) in [5.41, 5.74) is 2.73. The van der Waals surface area contributed by atoms with Gasteiger partial charge in [0.1, 0.15) is 0 Å². The second kappa shape index (κ2) is 10.7. The number of hydrogen-bond acceptors (Lipinski definition) is 6. The molecule has 0 saturated carbocycles. The van der Waals surface area contributed by atoms with Gasteiger partial charge in [-0.2, -0.15) is 0 Å². The van der Waals surface area contributed by atoms with E-state index in [1.807, 2.05) is 68.4 Å². The van der Waals surface area contributed by atoms with Crippen molar-refractivity contribution in [2.75, 3.05) is 18.9 Å². The van der Waals surface area contributed by atoms with Crippen LogP contribution >= 0.6 is 35.3 Å². The van der Waals surface area contributed by atoms with E-state index in [0.717, 1.165) is 23.4 Å². The summed E-state index contributed by atoms with van der Waals surface area (Å²) >= 11 is 8.13. The maximum Gasteiger partial charge on any atom is 0.243 e. The van der Waals surface area contributed by atoms with Gasteiger partial charge >= 0.3 is 0 Å². The highest BCUT2D eigenvalue weighted by molar-refractivity contribution is 8.02. The summed E-state index contributed by atoms with van der Waals surface area (Å²) in [6.45, 7) is 3.83. The Morgan fingerprint density at radius 2 is 1.87 bits per heavy atom. The van der Waals surface area contributed by atoms with Crippen LogP contribution in [0.3, 0.4) is 0 Å². The van der Waals surface area contributed by atoms with Gasteiger partial charge in [0.2, 0.25) is 11.8 Å². The summed E-state index contributed by atoms with van der Waals surface area (Å²) in [5.74, 6) is -0.366. The Hall–Kier alpha value is -2.49. The number of nitrogens with one attached hydrogen (secondary N) is 1. The number of anilines is 1. The van der Waals surface area contributed by atoms with E-state index >= 15 is 0 Å². The molecule has 3 rings (SSSR count).